The summed E-state index contributed by atoms with van der Waals surface area (Å²) in [4.78, 5) is 0. The van der Waals surface area contributed by atoms with Crippen LogP contribution in [0.15, 0.2) is 30.3 Å². The van der Waals surface area contributed by atoms with E-state index in [0.717, 1.165) is 12.8 Å². The van der Waals surface area contributed by atoms with E-state index in [0.29, 0.717) is 12.1 Å². The van der Waals surface area contributed by atoms with Gasteiger partial charge in [-0.25, -0.2) is 8.78 Å². The number of nitrogens with one attached hydrogen (secondary N) is 1. The van der Waals surface area contributed by atoms with Gasteiger partial charge in [0.25, 0.3) is 6.43 Å². The molecule has 1 fully saturated rings. The Kier molecular flexibility index (Phi) is 3.24. The van der Waals surface area contributed by atoms with Crippen molar-refractivity contribution in [2.24, 2.45) is 5.92 Å². The van der Waals surface area contributed by atoms with Crippen LogP contribution in [-0.4, -0.2) is 13.0 Å². The van der Waals surface area contributed by atoms with E-state index >= 15 is 0 Å². The molecule has 88 valence electrons. The summed E-state index contributed by atoms with van der Waals surface area (Å²) >= 11 is 0. The molecule has 0 spiro atoms. The number of benzene rings is 1. The Labute approximate surface area is 94.9 Å². The van der Waals surface area contributed by atoms with Crippen LogP contribution in [0.5, 0.6) is 0 Å². The summed E-state index contributed by atoms with van der Waals surface area (Å²) in [5.74, 6) is 0.0786. The van der Waals surface area contributed by atoms with Gasteiger partial charge in [0, 0.05) is 0 Å². The average molecular weight is 225 g/mol. The smallest absolute Gasteiger partial charge is 0.260 e. The van der Waals surface area contributed by atoms with E-state index in [2.05, 4.69) is 5.32 Å². The fraction of sp³-hybridized carbons (Fsp3) is 0.538. The van der Waals surface area contributed by atoms with Crippen molar-refractivity contribution in [2.75, 3.05) is 6.54 Å². The van der Waals surface area contributed by atoms with Crippen LogP contribution in [-0.2, 0) is 5.54 Å². The lowest BCUT2D eigenvalue weighted by Crippen LogP contribution is -2.50. The van der Waals surface area contributed by atoms with Crippen molar-refractivity contribution in [2.45, 2.75) is 31.7 Å². The summed E-state index contributed by atoms with van der Waals surface area (Å²) in [7, 11) is 0. The lowest BCUT2D eigenvalue weighted by molar-refractivity contribution is 0.0136. The minimum absolute atomic E-state index is 0.0786. The molecule has 1 nitrogen and oxygen atoms in total. The average Bonchev–Trinajstić information content (AvgIpc) is 3.11. The SMILES string of the molecule is CCNC(c1ccccc1)(C(F)F)C1CC1. The summed E-state index contributed by atoms with van der Waals surface area (Å²) in [6.45, 7) is 2.44. The second-order valence-electron chi connectivity index (χ2n) is 4.34. The molecule has 1 saturated carbocycles. The zero-order valence-electron chi connectivity index (χ0n) is 9.42. The Hall–Kier alpha value is -0.960. The van der Waals surface area contributed by atoms with E-state index in [9.17, 15) is 8.78 Å². The Morgan fingerprint density at radius 3 is 2.38 bits per heavy atom. The van der Waals surface area contributed by atoms with Gasteiger partial charge in [-0.05, 0) is 30.9 Å². The molecule has 0 amide bonds. The minimum Gasteiger partial charge on any atom is -0.303 e. The predicted octanol–water partition coefficient (Wildman–Crippen LogP) is 3.17. The van der Waals surface area contributed by atoms with E-state index in [1.165, 1.54) is 0 Å². The van der Waals surface area contributed by atoms with Gasteiger partial charge in [0.2, 0.25) is 0 Å². The van der Waals surface area contributed by atoms with E-state index in [1.54, 1.807) is 12.1 Å². The molecule has 1 aliphatic rings. The predicted molar refractivity (Wildman–Crippen MR) is 60.5 cm³/mol. The Balaban J connectivity index is 2.39. The Morgan fingerprint density at radius 1 is 1.31 bits per heavy atom. The van der Waals surface area contributed by atoms with Gasteiger partial charge in [-0.3, -0.25) is 0 Å². The lowest BCUT2D eigenvalue weighted by Gasteiger charge is -2.34. The largest absolute Gasteiger partial charge is 0.303 e. The maximum Gasteiger partial charge on any atom is 0.260 e. The zero-order chi connectivity index (χ0) is 11.6. The molecule has 1 aliphatic carbocycles. The normalized spacial score (nSPS) is 19.8. The third kappa shape index (κ3) is 1.84. The summed E-state index contributed by atoms with van der Waals surface area (Å²) in [5, 5.41) is 3.02. The molecule has 0 aliphatic heterocycles. The highest BCUT2D eigenvalue weighted by atomic mass is 19.3. The van der Waals surface area contributed by atoms with E-state index in [1.807, 2.05) is 25.1 Å². The van der Waals surface area contributed by atoms with Crippen molar-refractivity contribution in [1.29, 1.82) is 0 Å². The van der Waals surface area contributed by atoms with Gasteiger partial charge in [-0.1, -0.05) is 37.3 Å². The molecule has 0 radical (unpaired) electrons. The van der Waals surface area contributed by atoms with E-state index in [4.69, 9.17) is 0 Å². The first-order valence-electron chi connectivity index (χ1n) is 5.80. The molecule has 16 heavy (non-hydrogen) atoms. The number of halogens is 2. The van der Waals surface area contributed by atoms with Gasteiger partial charge in [-0.15, -0.1) is 0 Å². The third-order valence-electron chi connectivity index (χ3n) is 3.29. The molecule has 1 aromatic rings. The van der Waals surface area contributed by atoms with Crippen LogP contribution in [0.2, 0.25) is 0 Å². The molecular weight excluding hydrogens is 208 g/mol. The monoisotopic (exact) mass is 225 g/mol. The third-order valence-corrected chi connectivity index (χ3v) is 3.29. The van der Waals surface area contributed by atoms with Gasteiger partial charge < -0.3 is 5.32 Å². The first-order valence-corrected chi connectivity index (χ1v) is 5.80. The van der Waals surface area contributed by atoms with E-state index < -0.39 is 12.0 Å². The number of rotatable bonds is 5. The zero-order valence-corrected chi connectivity index (χ0v) is 9.42. The second kappa shape index (κ2) is 4.50. The fourth-order valence-electron chi connectivity index (χ4n) is 2.41. The first kappa shape index (κ1) is 11.5. The number of hydrogen-bond donors (Lipinski definition) is 1. The highest BCUT2D eigenvalue weighted by Gasteiger charge is 2.52. The Bertz CT molecular complexity index is 331. The topological polar surface area (TPSA) is 12.0 Å². The fourth-order valence-corrected chi connectivity index (χ4v) is 2.41. The molecule has 1 atom stereocenters. The van der Waals surface area contributed by atoms with Crippen LogP contribution < -0.4 is 5.32 Å². The van der Waals surface area contributed by atoms with Gasteiger partial charge in [0.1, 0.15) is 5.54 Å². The molecule has 0 saturated heterocycles. The van der Waals surface area contributed by atoms with Crippen LogP contribution in [0.25, 0.3) is 0 Å². The minimum atomic E-state index is -2.36. The van der Waals surface area contributed by atoms with Crippen molar-refractivity contribution >= 4 is 0 Å². The van der Waals surface area contributed by atoms with Gasteiger partial charge in [-0.2, -0.15) is 0 Å². The number of alkyl halides is 2. The first-order chi connectivity index (χ1) is 7.71. The second-order valence-corrected chi connectivity index (χ2v) is 4.34. The highest BCUT2D eigenvalue weighted by molar-refractivity contribution is 5.28. The highest BCUT2D eigenvalue weighted by Crippen LogP contribution is 2.48. The van der Waals surface area contributed by atoms with Crippen molar-refractivity contribution in [1.82, 2.24) is 5.32 Å². The van der Waals surface area contributed by atoms with Gasteiger partial charge >= 0.3 is 0 Å². The van der Waals surface area contributed by atoms with E-state index in [-0.39, 0.29) is 5.92 Å². The van der Waals surface area contributed by atoms with Crippen LogP contribution in [0.3, 0.4) is 0 Å². The lowest BCUT2D eigenvalue weighted by atomic mass is 9.85. The van der Waals surface area contributed by atoms with Gasteiger partial charge in [0.15, 0.2) is 0 Å². The van der Waals surface area contributed by atoms with Crippen LogP contribution in [0, 0.1) is 5.92 Å². The molecule has 2 rings (SSSR count). The standard InChI is InChI=1S/C13H17F2N/c1-2-16-13(12(14)15,11-8-9-11)10-6-4-3-5-7-10/h3-7,11-12,16H,2,8-9H2,1H3. The summed E-state index contributed by atoms with van der Waals surface area (Å²) in [5.41, 5.74) is -0.412. The maximum atomic E-state index is 13.5. The quantitative estimate of drug-likeness (QED) is 0.811. The van der Waals surface area contributed by atoms with Gasteiger partial charge in [0.05, 0.1) is 0 Å². The summed E-state index contributed by atoms with van der Waals surface area (Å²) in [6.07, 6.45) is -0.569. The van der Waals surface area contributed by atoms with Crippen molar-refractivity contribution in [3.8, 4) is 0 Å². The van der Waals surface area contributed by atoms with Crippen molar-refractivity contribution in [3.05, 3.63) is 35.9 Å². The van der Waals surface area contributed by atoms with Crippen LogP contribution in [0.4, 0.5) is 8.78 Å². The molecule has 1 aromatic carbocycles. The maximum absolute atomic E-state index is 13.5. The summed E-state index contributed by atoms with van der Waals surface area (Å²) < 4.78 is 26.9. The molecular formula is C13H17F2N. The summed E-state index contributed by atoms with van der Waals surface area (Å²) in [6, 6.07) is 9.11. The molecule has 1 unspecified atom stereocenters. The molecule has 0 aromatic heterocycles. The number of hydrogen-bond acceptors (Lipinski definition) is 1. The van der Waals surface area contributed by atoms with Crippen LogP contribution in [0.1, 0.15) is 25.3 Å². The molecule has 1 N–H and O–H groups in total. The molecule has 0 bridgehead atoms. The Morgan fingerprint density at radius 2 is 1.94 bits per heavy atom. The van der Waals surface area contributed by atoms with Crippen LogP contribution >= 0.6 is 0 Å². The molecule has 3 heteroatoms. The van der Waals surface area contributed by atoms with Crippen molar-refractivity contribution < 1.29 is 8.78 Å². The van der Waals surface area contributed by atoms with Crippen molar-refractivity contribution in [3.63, 3.8) is 0 Å². The molecule has 0 heterocycles.